The second kappa shape index (κ2) is 5.76. The Bertz CT molecular complexity index is 902. The molecule has 0 saturated carbocycles. The second-order valence-corrected chi connectivity index (χ2v) is 6.13. The zero-order valence-electron chi connectivity index (χ0n) is 13.3. The molecule has 4 nitrogen and oxygen atoms in total. The molecule has 3 aromatic rings. The summed E-state index contributed by atoms with van der Waals surface area (Å²) in [6.45, 7) is 3.52. The maximum absolute atomic E-state index is 14.4. The number of nitrogens with two attached hydrogens (primary N) is 1. The van der Waals surface area contributed by atoms with Gasteiger partial charge in [0.05, 0.1) is 0 Å². The fraction of sp³-hybridized carbons (Fsp3) is 0.211. The van der Waals surface area contributed by atoms with Gasteiger partial charge in [-0.2, -0.15) is 0 Å². The van der Waals surface area contributed by atoms with E-state index in [9.17, 15) is 4.39 Å². The SMILES string of the molecule is Cc1cccc(F)c1-c1cc(OC2CNC2)c2cc(N)ncc2c1. The molecule has 24 heavy (non-hydrogen) atoms. The minimum Gasteiger partial charge on any atom is -0.487 e. The third-order valence-corrected chi connectivity index (χ3v) is 4.37. The number of nitrogens with zero attached hydrogens (tertiary/aromatic N) is 1. The number of hydrogen-bond acceptors (Lipinski definition) is 4. The second-order valence-electron chi connectivity index (χ2n) is 6.13. The molecule has 0 amide bonds. The van der Waals surface area contributed by atoms with Gasteiger partial charge in [-0.25, -0.2) is 9.37 Å². The summed E-state index contributed by atoms with van der Waals surface area (Å²) in [5, 5.41) is 4.96. The molecule has 2 heterocycles. The fourth-order valence-electron chi connectivity index (χ4n) is 3.00. The number of benzene rings is 2. The maximum atomic E-state index is 14.4. The lowest BCUT2D eigenvalue weighted by Gasteiger charge is -2.28. The summed E-state index contributed by atoms with van der Waals surface area (Å²) in [7, 11) is 0. The summed E-state index contributed by atoms with van der Waals surface area (Å²) in [5.74, 6) is 0.911. The summed E-state index contributed by atoms with van der Waals surface area (Å²) in [6.07, 6.45) is 1.83. The van der Waals surface area contributed by atoms with Crippen LogP contribution >= 0.6 is 0 Å². The van der Waals surface area contributed by atoms with Crippen molar-refractivity contribution in [2.45, 2.75) is 13.0 Å². The number of fused-ring (bicyclic) bond motifs is 1. The largest absolute Gasteiger partial charge is 0.487 e. The van der Waals surface area contributed by atoms with Crippen LogP contribution in [0.4, 0.5) is 10.2 Å². The molecule has 4 rings (SSSR count). The lowest BCUT2D eigenvalue weighted by Crippen LogP contribution is -2.50. The Labute approximate surface area is 139 Å². The van der Waals surface area contributed by atoms with Gasteiger partial charge in [0, 0.05) is 35.6 Å². The summed E-state index contributed by atoms with van der Waals surface area (Å²) in [4.78, 5) is 4.16. The van der Waals surface area contributed by atoms with Gasteiger partial charge in [0.15, 0.2) is 0 Å². The van der Waals surface area contributed by atoms with E-state index in [4.69, 9.17) is 10.5 Å². The van der Waals surface area contributed by atoms with Crippen molar-refractivity contribution in [2.24, 2.45) is 0 Å². The van der Waals surface area contributed by atoms with Crippen LogP contribution in [0.3, 0.4) is 0 Å². The van der Waals surface area contributed by atoms with Gasteiger partial charge in [-0.1, -0.05) is 12.1 Å². The van der Waals surface area contributed by atoms with Crippen molar-refractivity contribution in [1.82, 2.24) is 10.3 Å². The van der Waals surface area contributed by atoms with Crippen molar-refractivity contribution in [3.8, 4) is 16.9 Å². The average Bonchev–Trinajstić information content (AvgIpc) is 2.51. The molecule has 5 heteroatoms. The number of rotatable bonds is 3. The maximum Gasteiger partial charge on any atom is 0.131 e. The molecule has 122 valence electrons. The number of aromatic nitrogens is 1. The number of ether oxygens (including phenoxy) is 1. The number of pyridine rings is 1. The van der Waals surface area contributed by atoms with Crippen molar-refractivity contribution < 1.29 is 9.13 Å². The van der Waals surface area contributed by atoms with Crippen molar-refractivity contribution >= 4 is 16.6 Å². The van der Waals surface area contributed by atoms with Crippen LogP contribution in [0.25, 0.3) is 21.9 Å². The molecule has 0 unspecified atom stereocenters. The molecule has 1 saturated heterocycles. The molecule has 0 aliphatic carbocycles. The summed E-state index contributed by atoms with van der Waals surface area (Å²) < 4.78 is 20.5. The smallest absolute Gasteiger partial charge is 0.131 e. The molecule has 0 bridgehead atoms. The van der Waals surface area contributed by atoms with E-state index < -0.39 is 0 Å². The first-order valence-electron chi connectivity index (χ1n) is 7.94. The van der Waals surface area contributed by atoms with Crippen molar-refractivity contribution in [2.75, 3.05) is 18.8 Å². The van der Waals surface area contributed by atoms with Crippen LogP contribution in [0.15, 0.2) is 42.6 Å². The highest BCUT2D eigenvalue weighted by molar-refractivity contribution is 5.94. The van der Waals surface area contributed by atoms with E-state index in [1.807, 2.05) is 25.1 Å². The minimum atomic E-state index is -0.242. The van der Waals surface area contributed by atoms with Crippen LogP contribution in [0.1, 0.15) is 5.56 Å². The van der Waals surface area contributed by atoms with E-state index in [0.717, 1.165) is 35.0 Å². The molecule has 1 aromatic heterocycles. The standard InChI is InChI=1S/C19H18FN3O/c1-11-3-2-4-16(20)19(11)12-5-13-8-23-18(21)7-15(13)17(6-12)24-14-9-22-10-14/h2-8,14,22H,9-10H2,1H3,(H2,21,23). The molecule has 2 aromatic carbocycles. The lowest BCUT2D eigenvalue weighted by atomic mass is 9.97. The highest BCUT2D eigenvalue weighted by Crippen LogP contribution is 2.36. The van der Waals surface area contributed by atoms with E-state index in [-0.39, 0.29) is 11.9 Å². The summed E-state index contributed by atoms with van der Waals surface area (Å²) >= 11 is 0. The Morgan fingerprint density at radius 3 is 2.79 bits per heavy atom. The van der Waals surface area contributed by atoms with E-state index in [0.29, 0.717) is 17.1 Å². The normalized spacial score (nSPS) is 14.6. The monoisotopic (exact) mass is 323 g/mol. The molecule has 0 atom stereocenters. The van der Waals surface area contributed by atoms with Gasteiger partial charge in [-0.15, -0.1) is 0 Å². The fourth-order valence-corrected chi connectivity index (χ4v) is 3.00. The van der Waals surface area contributed by atoms with Crippen molar-refractivity contribution in [3.05, 3.63) is 54.0 Å². The van der Waals surface area contributed by atoms with Crippen LogP contribution in [-0.4, -0.2) is 24.2 Å². The molecule has 1 fully saturated rings. The van der Waals surface area contributed by atoms with Crippen LogP contribution in [-0.2, 0) is 0 Å². The lowest BCUT2D eigenvalue weighted by molar-refractivity contribution is 0.144. The zero-order chi connectivity index (χ0) is 16.7. The number of aryl methyl sites for hydroxylation is 1. The molecule has 3 N–H and O–H groups in total. The summed E-state index contributed by atoms with van der Waals surface area (Å²) in [6, 6.07) is 10.7. The Kier molecular flexibility index (Phi) is 3.58. The predicted octanol–water partition coefficient (Wildman–Crippen LogP) is 3.28. The number of nitrogens with one attached hydrogen (secondary N) is 1. The van der Waals surface area contributed by atoms with Gasteiger partial charge < -0.3 is 15.8 Å². The first-order valence-corrected chi connectivity index (χ1v) is 7.94. The number of anilines is 1. The Balaban J connectivity index is 1.92. The first kappa shape index (κ1) is 14.9. The number of hydrogen-bond donors (Lipinski definition) is 2. The Hall–Kier alpha value is -2.66. The highest BCUT2D eigenvalue weighted by atomic mass is 19.1. The molecular weight excluding hydrogens is 305 g/mol. The predicted molar refractivity (Wildman–Crippen MR) is 93.6 cm³/mol. The van der Waals surface area contributed by atoms with Crippen LogP contribution in [0, 0.1) is 12.7 Å². The number of nitrogen functional groups attached to an aromatic ring is 1. The molecule has 0 spiro atoms. The Morgan fingerprint density at radius 2 is 2.08 bits per heavy atom. The quantitative estimate of drug-likeness (QED) is 0.776. The molecule has 1 aliphatic heterocycles. The van der Waals surface area contributed by atoms with Gasteiger partial charge in [-0.05, 0) is 42.3 Å². The van der Waals surface area contributed by atoms with Crippen LogP contribution in [0.5, 0.6) is 5.75 Å². The van der Waals surface area contributed by atoms with Gasteiger partial charge in [0.25, 0.3) is 0 Å². The van der Waals surface area contributed by atoms with E-state index >= 15 is 0 Å². The topological polar surface area (TPSA) is 60.2 Å². The van der Waals surface area contributed by atoms with Gasteiger partial charge >= 0.3 is 0 Å². The average molecular weight is 323 g/mol. The summed E-state index contributed by atoms with van der Waals surface area (Å²) in [5.41, 5.74) is 8.09. The van der Waals surface area contributed by atoms with Crippen LogP contribution in [0.2, 0.25) is 0 Å². The first-order chi connectivity index (χ1) is 11.6. The van der Waals surface area contributed by atoms with Gasteiger partial charge in [-0.3, -0.25) is 0 Å². The van der Waals surface area contributed by atoms with Gasteiger partial charge in [0.2, 0.25) is 0 Å². The highest BCUT2D eigenvalue weighted by Gasteiger charge is 2.20. The van der Waals surface area contributed by atoms with Crippen LogP contribution < -0.4 is 15.8 Å². The van der Waals surface area contributed by atoms with E-state index in [1.54, 1.807) is 18.3 Å². The number of halogens is 1. The minimum absolute atomic E-state index is 0.125. The van der Waals surface area contributed by atoms with Gasteiger partial charge in [0.1, 0.15) is 23.5 Å². The third kappa shape index (κ3) is 2.57. The van der Waals surface area contributed by atoms with Crippen molar-refractivity contribution in [3.63, 3.8) is 0 Å². The van der Waals surface area contributed by atoms with E-state index in [2.05, 4.69) is 10.3 Å². The van der Waals surface area contributed by atoms with Crippen molar-refractivity contribution in [1.29, 1.82) is 0 Å². The molecular formula is C19H18FN3O. The Morgan fingerprint density at radius 1 is 1.25 bits per heavy atom. The third-order valence-electron chi connectivity index (χ3n) is 4.37. The molecule has 0 radical (unpaired) electrons. The molecule has 1 aliphatic rings. The zero-order valence-corrected chi connectivity index (χ0v) is 13.3. The van der Waals surface area contributed by atoms with E-state index in [1.165, 1.54) is 6.07 Å².